The van der Waals surface area contributed by atoms with E-state index in [1.807, 2.05) is 0 Å². The first-order valence-corrected chi connectivity index (χ1v) is 12.1. The molecule has 0 unspecified atom stereocenters. The third-order valence-corrected chi connectivity index (χ3v) is 5.69. The molecule has 2 aliphatic rings. The summed E-state index contributed by atoms with van der Waals surface area (Å²) in [5.41, 5.74) is 0. The van der Waals surface area contributed by atoms with Crippen molar-refractivity contribution >= 4 is 26.7 Å². The van der Waals surface area contributed by atoms with Crippen molar-refractivity contribution < 1.29 is 78.8 Å². The molecule has 1 amide bonds. The molecule has 0 aromatic heterocycles. The minimum atomic E-state index is -5.34. The van der Waals surface area contributed by atoms with Gasteiger partial charge in [0.25, 0.3) is 0 Å². The molecule has 0 saturated carbocycles. The van der Waals surface area contributed by atoms with Gasteiger partial charge in [-0.05, 0) is 0 Å². The van der Waals surface area contributed by atoms with E-state index in [-0.39, 0.29) is 0 Å². The second kappa shape index (κ2) is 11.3. The van der Waals surface area contributed by atoms with Gasteiger partial charge >= 0.3 is 20.8 Å². The monoisotopic (exact) mass is 543 g/mol. The molecule has 200 valence electrons. The molecule has 8 N–H and O–H groups in total. The van der Waals surface area contributed by atoms with Crippen LogP contribution in [0.1, 0.15) is 6.92 Å². The number of nitrogens with one attached hydrogen (secondary N) is 1. The lowest BCUT2D eigenvalue weighted by molar-refractivity contribution is -0.343. The van der Waals surface area contributed by atoms with E-state index in [4.69, 9.17) is 18.8 Å². The SMILES string of the molecule is CC(=O)N[C@@H]1[C@@H](OS(=O)(=O)O)[C@H](O[C@@H]2O[C@H](CO)[C@H](O)[C@H](O)[C@H]2O)[C@@H](COS(=O)(=O)O)O[C@H]1O. The smallest absolute Gasteiger partial charge is 0.394 e. The van der Waals surface area contributed by atoms with Crippen molar-refractivity contribution in [3.63, 3.8) is 0 Å². The molecular weight excluding hydrogens is 518 g/mol. The van der Waals surface area contributed by atoms with E-state index in [0.717, 1.165) is 6.92 Å². The van der Waals surface area contributed by atoms with Crippen LogP contribution < -0.4 is 5.32 Å². The van der Waals surface area contributed by atoms with Crippen molar-refractivity contribution in [1.82, 2.24) is 5.32 Å². The number of ether oxygens (including phenoxy) is 3. The van der Waals surface area contributed by atoms with Crippen LogP contribution in [0.2, 0.25) is 0 Å². The molecule has 10 atom stereocenters. The molecule has 0 aromatic carbocycles. The Hall–Kier alpha value is -1.11. The minimum Gasteiger partial charge on any atom is -0.394 e. The van der Waals surface area contributed by atoms with E-state index in [0.29, 0.717) is 0 Å². The number of hydrogen-bond donors (Lipinski definition) is 8. The number of amides is 1. The van der Waals surface area contributed by atoms with E-state index in [2.05, 4.69) is 13.7 Å². The fourth-order valence-corrected chi connectivity index (χ4v) is 4.17. The Morgan fingerprint density at radius 2 is 1.53 bits per heavy atom. The fraction of sp³-hybridized carbons (Fsp3) is 0.929. The van der Waals surface area contributed by atoms with Crippen LogP contribution >= 0.6 is 0 Å². The van der Waals surface area contributed by atoms with Gasteiger partial charge in [0.05, 0.1) is 13.2 Å². The van der Waals surface area contributed by atoms with Gasteiger partial charge in [-0.25, -0.2) is 8.37 Å². The van der Waals surface area contributed by atoms with Crippen LogP contribution in [0.25, 0.3) is 0 Å². The van der Waals surface area contributed by atoms with Crippen molar-refractivity contribution in [3.8, 4) is 0 Å². The molecule has 2 heterocycles. The number of hydrogen-bond acceptors (Lipinski definition) is 15. The van der Waals surface area contributed by atoms with Gasteiger partial charge in [-0.1, -0.05) is 0 Å². The number of carbonyl (C=O) groups excluding carboxylic acids is 1. The molecule has 2 rings (SSSR count). The lowest BCUT2D eigenvalue weighted by atomic mass is 9.95. The Labute approximate surface area is 192 Å². The van der Waals surface area contributed by atoms with Crippen molar-refractivity contribution in [2.24, 2.45) is 0 Å². The average Bonchev–Trinajstić information content (AvgIpc) is 2.69. The molecule has 18 nitrogen and oxygen atoms in total. The highest BCUT2D eigenvalue weighted by molar-refractivity contribution is 7.81. The summed E-state index contributed by atoms with van der Waals surface area (Å²) >= 11 is 0. The van der Waals surface area contributed by atoms with Crippen LogP contribution in [0.4, 0.5) is 0 Å². The molecule has 0 aliphatic carbocycles. The normalized spacial score (nSPS) is 39.5. The van der Waals surface area contributed by atoms with Gasteiger partial charge in [-0.2, -0.15) is 16.8 Å². The van der Waals surface area contributed by atoms with E-state index in [9.17, 15) is 51.7 Å². The summed E-state index contributed by atoms with van der Waals surface area (Å²) in [5, 5.41) is 51.6. The highest BCUT2D eigenvalue weighted by Crippen LogP contribution is 2.31. The fourth-order valence-electron chi connectivity index (χ4n) is 3.35. The second-order valence-corrected chi connectivity index (χ2v) is 9.43. The Bertz CT molecular complexity index is 909. The van der Waals surface area contributed by atoms with Crippen LogP contribution in [-0.4, -0.2) is 132 Å². The van der Waals surface area contributed by atoms with Gasteiger partial charge in [-0.3, -0.25) is 13.9 Å². The van der Waals surface area contributed by atoms with E-state index in [1.165, 1.54) is 0 Å². The van der Waals surface area contributed by atoms with E-state index in [1.54, 1.807) is 0 Å². The molecule has 20 heteroatoms. The van der Waals surface area contributed by atoms with Gasteiger partial charge in [-0.15, -0.1) is 0 Å². The summed E-state index contributed by atoms with van der Waals surface area (Å²) in [5.74, 6) is -0.851. The van der Waals surface area contributed by atoms with Gasteiger partial charge in [0.15, 0.2) is 12.6 Å². The zero-order chi connectivity index (χ0) is 26.0. The first kappa shape index (κ1) is 29.1. The Balaban J connectivity index is 2.46. The number of aliphatic hydroxyl groups is 5. The van der Waals surface area contributed by atoms with Crippen LogP contribution in [0.5, 0.6) is 0 Å². The third-order valence-electron chi connectivity index (χ3n) is 4.79. The maximum Gasteiger partial charge on any atom is 0.397 e. The molecule has 0 radical (unpaired) electrons. The van der Waals surface area contributed by atoms with Crippen molar-refractivity contribution in [1.29, 1.82) is 0 Å². The Morgan fingerprint density at radius 3 is 2.03 bits per heavy atom. The Morgan fingerprint density at radius 1 is 0.912 bits per heavy atom. The summed E-state index contributed by atoms with van der Waals surface area (Å²) in [6.07, 6.45) is -17.3. The zero-order valence-electron chi connectivity index (χ0n) is 17.2. The summed E-state index contributed by atoms with van der Waals surface area (Å²) in [6, 6.07) is -1.80. The molecule has 0 aromatic rings. The zero-order valence-corrected chi connectivity index (χ0v) is 18.9. The number of rotatable bonds is 9. The van der Waals surface area contributed by atoms with Crippen LogP contribution in [0.15, 0.2) is 0 Å². The molecule has 0 bridgehead atoms. The molecule has 2 fully saturated rings. The standard InChI is InChI=1S/C14H25NO17S2/c1-4(17)15-7-12(32-34(25,26)27)11(6(29-13(7)21)3-28-33(22,23)24)31-14-10(20)9(19)8(18)5(2-16)30-14/h5-14,16,18-21H,2-3H2,1H3,(H,15,17)(H,22,23,24)(H,25,26,27)/t5-,6-,7-,8+,9+,10-,11-,12-,13-,14+/m1/s1. The summed E-state index contributed by atoms with van der Waals surface area (Å²) in [6.45, 7) is -1.08. The maximum absolute atomic E-state index is 11.5. The molecule has 0 spiro atoms. The second-order valence-electron chi connectivity index (χ2n) is 7.29. The quantitative estimate of drug-likeness (QED) is 0.126. The number of aliphatic hydroxyl groups excluding tert-OH is 5. The first-order valence-electron chi connectivity index (χ1n) is 9.38. The summed E-state index contributed by atoms with van der Waals surface area (Å²) in [7, 11) is -10.4. The highest BCUT2D eigenvalue weighted by atomic mass is 32.3. The van der Waals surface area contributed by atoms with Gasteiger partial charge in [0.2, 0.25) is 5.91 Å². The van der Waals surface area contributed by atoms with E-state index < -0.39 is 101 Å². The van der Waals surface area contributed by atoms with Crippen LogP contribution in [0.3, 0.4) is 0 Å². The molecular formula is C14H25NO17S2. The lowest BCUT2D eigenvalue weighted by Crippen LogP contribution is -2.68. The third kappa shape index (κ3) is 7.69. The minimum absolute atomic E-state index is 0.851. The van der Waals surface area contributed by atoms with E-state index >= 15 is 0 Å². The number of carbonyl (C=O) groups is 1. The van der Waals surface area contributed by atoms with Crippen molar-refractivity contribution in [2.75, 3.05) is 13.2 Å². The van der Waals surface area contributed by atoms with Crippen molar-refractivity contribution in [2.45, 2.75) is 68.3 Å². The largest absolute Gasteiger partial charge is 0.397 e. The summed E-state index contributed by atoms with van der Waals surface area (Å²) in [4.78, 5) is 11.5. The predicted octanol–water partition coefficient (Wildman–Crippen LogP) is -5.60. The maximum atomic E-state index is 11.5. The topological polar surface area (TPSA) is 285 Å². The first-order chi connectivity index (χ1) is 15.5. The molecule has 34 heavy (non-hydrogen) atoms. The Kier molecular flexibility index (Phi) is 9.68. The van der Waals surface area contributed by atoms with Crippen LogP contribution in [0, 0.1) is 0 Å². The van der Waals surface area contributed by atoms with Gasteiger partial charge < -0.3 is 45.1 Å². The van der Waals surface area contributed by atoms with Crippen molar-refractivity contribution in [3.05, 3.63) is 0 Å². The molecule has 2 saturated heterocycles. The van der Waals surface area contributed by atoms with Gasteiger partial charge in [0.1, 0.15) is 48.8 Å². The van der Waals surface area contributed by atoms with Crippen LogP contribution in [-0.2, 0) is 48.2 Å². The average molecular weight is 543 g/mol. The summed E-state index contributed by atoms with van der Waals surface area (Å²) < 4.78 is 87.2. The predicted molar refractivity (Wildman–Crippen MR) is 101 cm³/mol. The molecule has 2 aliphatic heterocycles. The highest BCUT2D eigenvalue weighted by Gasteiger charge is 2.53. The lowest BCUT2D eigenvalue weighted by Gasteiger charge is -2.47. The van der Waals surface area contributed by atoms with Gasteiger partial charge in [0, 0.05) is 6.92 Å².